The monoisotopic (exact) mass is 307 g/mol. The van der Waals surface area contributed by atoms with Crippen LogP contribution in [-0.4, -0.2) is 19.1 Å². The van der Waals surface area contributed by atoms with E-state index in [1.54, 1.807) is 0 Å². The fraction of sp³-hybridized carbons (Fsp3) is 0.143. The minimum absolute atomic E-state index is 0.0581. The molecule has 2 rings (SSSR count). The number of hydrogen-bond acceptors (Lipinski definition) is 5. The van der Waals surface area contributed by atoms with Gasteiger partial charge in [-0.1, -0.05) is 36.4 Å². The number of nitro groups is 1. The first-order valence-electron chi connectivity index (χ1n) is 6.17. The summed E-state index contributed by atoms with van der Waals surface area (Å²) < 4.78 is 28.6. The van der Waals surface area contributed by atoms with Crippen molar-refractivity contribution in [1.82, 2.24) is 0 Å². The van der Waals surface area contributed by atoms with E-state index in [0.717, 1.165) is 11.6 Å². The summed E-state index contributed by atoms with van der Waals surface area (Å²) in [6, 6.07) is 14.2. The number of hydrogen-bond donors (Lipinski definition) is 0. The van der Waals surface area contributed by atoms with E-state index < -0.39 is 15.0 Å². The summed E-state index contributed by atoms with van der Waals surface area (Å²) in [4.78, 5) is 10.0. The molecule has 0 spiro atoms. The van der Waals surface area contributed by atoms with Crippen molar-refractivity contribution in [3.63, 3.8) is 0 Å². The summed E-state index contributed by atoms with van der Waals surface area (Å²) in [7, 11) is -3.80. The summed E-state index contributed by atoms with van der Waals surface area (Å²) >= 11 is 0. The quantitative estimate of drug-likeness (QED) is 0.465. The van der Waals surface area contributed by atoms with E-state index in [1.807, 2.05) is 30.3 Å². The molecule has 0 atom stereocenters. The molecule has 0 amide bonds. The molecule has 0 saturated heterocycles. The van der Waals surface area contributed by atoms with Crippen LogP contribution in [0.1, 0.15) is 5.56 Å². The van der Waals surface area contributed by atoms with Crippen LogP contribution in [0.5, 0.6) is 5.75 Å². The molecule has 0 heterocycles. The van der Waals surface area contributed by atoms with E-state index in [9.17, 15) is 18.5 Å². The van der Waals surface area contributed by atoms with Gasteiger partial charge in [-0.05, 0) is 18.1 Å². The second-order valence-electron chi connectivity index (χ2n) is 4.34. The lowest BCUT2D eigenvalue weighted by molar-refractivity contribution is -0.384. The topological polar surface area (TPSA) is 86.5 Å². The second kappa shape index (κ2) is 6.36. The van der Waals surface area contributed by atoms with Gasteiger partial charge in [-0.3, -0.25) is 10.1 Å². The Balaban J connectivity index is 2.04. The highest BCUT2D eigenvalue weighted by molar-refractivity contribution is 7.87. The number of benzene rings is 2. The van der Waals surface area contributed by atoms with Gasteiger partial charge < -0.3 is 4.18 Å². The number of aryl methyl sites for hydroxylation is 1. The number of nitrogens with zero attached hydrogens (tertiary/aromatic N) is 1. The van der Waals surface area contributed by atoms with Crippen molar-refractivity contribution in [2.75, 3.05) is 5.75 Å². The van der Waals surface area contributed by atoms with Gasteiger partial charge in [0.15, 0.2) is 0 Å². The Kier molecular flexibility index (Phi) is 4.54. The highest BCUT2D eigenvalue weighted by atomic mass is 32.2. The van der Waals surface area contributed by atoms with Crippen molar-refractivity contribution < 1.29 is 17.5 Å². The molecule has 2 aromatic carbocycles. The summed E-state index contributed by atoms with van der Waals surface area (Å²) in [5.74, 6) is -0.253. The maximum Gasteiger partial charge on any atom is 0.309 e. The van der Waals surface area contributed by atoms with Crippen molar-refractivity contribution in [3.8, 4) is 5.75 Å². The van der Waals surface area contributed by atoms with Gasteiger partial charge in [0.25, 0.3) is 5.69 Å². The summed E-state index contributed by atoms with van der Waals surface area (Å²) in [6.45, 7) is 0. The number of non-ortho nitro benzene ring substituents is 1. The third kappa shape index (κ3) is 4.57. The molecule has 0 aliphatic heterocycles. The molecule has 0 radical (unpaired) electrons. The van der Waals surface area contributed by atoms with Crippen LogP contribution in [-0.2, 0) is 16.5 Å². The maximum atomic E-state index is 11.9. The lowest BCUT2D eigenvalue weighted by atomic mass is 10.2. The number of nitro benzene ring substituents is 1. The Labute approximate surface area is 122 Å². The van der Waals surface area contributed by atoms with Gasteiger partial charge in [-0.25, -0.2) is 0 Å². The van der Waals surface area contributed by atoms with E-state index in [1.165, 1.54) is 18.2 Å². The largest absolute Gasteiger partial charge is 0.382 e. The van der Waals surface area contributed by atoms with Crippen molar-refractivity contribution in [3.05, 3.63) is 70.3 Å². The molecule has 0 unspecified atom stereocenters. The van der Waals surface area contributed by atoms with E-state index in [4.69, 9.17) is 4.18 Å². The van der Waals surface area contributed by atoms with Crippen LogP contribution < -0.4 is 4.18 Å². The van der Waals surface area contributed by atoms with Gasteiger partial charge in [-0.15, -0.1) is 0 Å². The van der Waals surface area contributed by atoms with Crippen LogP contribution in [0.3, 0.4) is 0 Å². The molecular formula is C14H13NO5S. The average molecular weight is 307 g/mol. The van der Waals surface area contributed by atoms with E-state index in [2.05, 4.69) is 0 Å². The van der Waals surface area contributed by atoms with Gasteiger partial charge in [0.05, 0.1) is 16.7 Å². The van der Waals surface area contributed by atoms with Crippen LogP contribution in [0.4, 0.5) is 5.69 Å². The summed E-state index contributed by atoms with van der Waals surface area (Å²) in [6.07, 6.45) is 0.318. The molecule has 110 valence electrons. The normalized spacial score (nSPS) is 11.0. The molecule has 0 bridgehead atoms. The molecule has 0 N–H and O–H groups in total. The molecular weight excluding hydrogens is 294 g/mol. The van der Waals surface area contributed by atoms with Crippen LogP contribution >= 0.6 is 0 Å². The Morgan fingerprint density at radius 2 is 1.76 bits per heavy atom. The van der Waals surface area contributed by atoms with Crippen molar-refractivity contribution in [1.29, 1.82) is 0 Å². The van der Waals surface area contributed by atoms with E-state index >= 15 is 0 Å². The Morgan fingerprint density at radius 1 is 1.05 bits per heavy atom. The summed E-state index contributed by atoms with van der Waals surface area (Å²) in [5, 5.41) is 10.6. The molecule has 6 nitrogen and oxygen atoms in total. The minimum Gasteiger partial charge on any atom is -0.382 e. The SMILES string of the molecule is O=[N+]([O-])c1cccc(OS(=O)(=O)CCc2ccccc2)c1. The van der Waals surface area contributed by atoms with Crippen LogP contribution in [0, 0.1) is 10.1 Å². The molecule has 0 fully saturated rings. The zero-order valence-electron chi connectivity index (χ0n) is 11.0. The zero-order chi connectivity index (χ0) is 15.3. The van der Waals surface area contributed by atoms with E-state index in [-0.39, 0.29) is 17.2 Å². The summed E-state index contributed by atoms with van der Waals surface area (Å²) in [5.41, 5.74) is 0.662. The number of rotatable bonds is 6. The standard InChI is InChI=1S/C14H13NO5S/c16-15(17)13-7-4-8-14(11-13)20-21(18,19)10-9-12-5-2-1-3-6-12/h1-8,11H,9-10H2. The van der Waals surface area contributed by atoms with Crippen molar-refractivity contribution in [2.24, 2.45) is 0 Å². The Bertz CT molecular complexity index is 728. The van der Waals surface area contributed by atoms with Crippen LogP contribution in [0.25, 0.3) is 0 Å². The van der Waals surface area contributed by atoms with Crippen molar-refractivity contribution in [2.45, 2.75) is 6.42 Å². The van der Waals surface area contributed by atoms with Gasteiger partial charge >= 0.3 is 10.1 Å². The smallest absolute Gasteiger partial charge is 0.309 e. The first-order valence-corrected chi connectivity index (χ1v) is 7.74. The molecule has 0 saturated carbocycles. The molecule has 0 aromatic heterocycles. The fourth-order valence-electron chi connectivity index (χ4n) is 1.72. The average Bonchev–Trinajstić information content (AvgIpc) is 2.46. The molecule has 0 aliphatic rings. The third-order valence-electron chi connectivity index (χ3n) is 2.74. The molecule has 0 aliphatic carbocycles. The predicted octanol–water partition coefficient (Wildman–Crippen LogP) is 2.55. The van der Waals surface area contributed by atoms with Gasteiger partial charge in [0.2, 0.25) is 0 Å². The first-order chi connectivity index (χ1) is 9.96. The highest BCUT2D eigenvalue weighted by Crippen LogP contribution is 2.20. The Morgan fingerprint density at radius 3 is 2.43 bits per heavy atom. The van der Waals surface area contributed by atoms with Gasteiger partial charge in [0, 0.05) is 6.07 Å². The lowest BCUT2D eigenvalue weighted by Crippen LogP contribution is -2.15. The molecule has 7 heteroatoms. The lowest BCUT2D eigenvalue weighted by Gasteiger charge is -2.06. The second-order valence-corrected chi connectivity index (χ2v) is 6.03. The Hall–Kier alpha value is -2.41. The molecule has 2 aromatic rings. The third-order valence-corrected chi connectivity index (χ3v) is 3.89. The van der Waals surface area contributed by atoms with Crippen LogP contribution in [0.15, 0.2) is 54.6 Å². The minimum atomic E-state index is -3.80. The fourth-order valence-corrected chi connectivity index (χ4v) is 2.69. The first kappa shape index (κ1) is 15.0. The zero-order valence-corrected chi connectivity index (χ0v) is 11.8. The molecule has 21 heavy (non-hydrogen) atoms. The van der Waals surface area contributed by atoms with Crippen LogP contribution in [0.2, 0.25) is 0 Å². The predicted molar refractivity (Wildman–Crippen MR) is 77.7 cm³/mol. The van der Waals surface area contributed by atoms with E-state index in [0.29, 0.717) is 6.42 Å². The maximum absolute atomic E-state index is 11.9. The van der Waals surface area contributed by atoms with Gasteiger partial charge in [-0.2, -0.15) is 8.42 Å². The highest BCUT2D eigenvalue weighted by Gasteiger charge is 2.15. The van der Waals surface area contributed by atoms with Gasteiger partial charge in [0.1, 0.15) is 5.75 Å². The van der Waals surface area contributed by atoms with Crippen molar-refractivity contribution >= 4 is 15.8 Å².